The number of rotatable bonds is 7. The van der Waals surface area contributed by atoms with Crippen molar-refractivity contribution in [3.05, 3.63) is 53.5 Å². The number of carboxylic acids is 1. The molecule has 3 N–H and O–H groups in total. The van der Waals surface area contributed by atoms with Crippen LogP contribution in [-0.4, -0.2) is 34.8 Å². The van der Waals surface area contributed by atoms with Gasteiger partial charge in [-0.3, -0.25) is 4.79 Å². The molecule has 0 fully saturated rings. The van der Waals surface area contributed by atoms with Gasteiger partial charge in [-0.05, 0) is 30.7 Å². The Morgan fingerprint density at radius 2 is 2.00 bits per heavy atom. The average Bonchev–Trinajstić information content (AvgIpc) is 3.00. The largest absolute Gasteiger partial charge is 0.490 e. The maximum Gasteiger partial charge on any atom is 0.371 e. The fourth-order valence-electron chi connectivity index (χ4n) is 1.84. The van der Waals surface area contributed by atoms with Gasteiger partial charge in [0.05, 0.1) is 6.54 Å². The average molecular weight is 319 g/mol. The van der Waals surface area contributed by atoms with Crippen molar-refractivity contribution in [2.75, 3.05) is 6.61 Å². The van der Waals surface area contributed by atoms with E-state index in [1.54, 1.807) is 12.1 Å². The lowest BCUT2D eigenvalue weighted by Crippen LogP contribution is -2.37. The van der Waals surface area contributed by atoms with Crippen molar-refractivity contribution in [2.24, 2.45) is 0 Å². The van der Waals surface area contributed by atoms with E-state index in [1.807, 2.05) is 19.1 Å². The highest BCUT2D eigenvalue weighted by molar-refractivity contribution is 5.84. The number of furan rings is 1. The maximum atomic E-state index is 11.8. The van der Waals surface area contributed by atoms with Gasteiger partial charge in [-0.2, -0.15) is 0 Å². The number of aryl methyl sites for hydroxylation is 1. The van der Waals surface area contributed by atoms with Crippen LogP contribution in [0.5, 0.6) is 5.75 Å². The summed E-state index contributed by atoms with van der Waals surface area (Å²) in [5, 5.41) is 21.0. The van der Waals surface area contributed by atoms with Crippen LogP contribution in [0.15, 0.2) is 40.8 Å². The highest BCUT2D eigenvalue weighted by Gasteiger charge is 2.17. The van der Waals surface area contributed by atoms with Crippen molar-refractivity contribution < 1.29 is 29.0 Å². The number of hydrogen-bond acceptors (Lipinski definition) is 5. The highest BCUT2D eigenvalue weighted by Crippen LogP contribution is 2.16. The SMILES string of the molecule is Cc1ccccc1OC[C@@H](O)C(=O)NCc1ccc(C(=O)O)o1. The number of aromatic carboxylic acids is 1. The topological polar surface area (TPSA) is 109 Å². The number of aliphatic hydroxyl groups excluding tert-OH is 1. The first-order valence-corrected chi connectivity index (χ1v) is 6.93. The van der Waals surface area contributed by atoms with Crippen LogP contribution in [0.2, 0.25) is 0 Å². The minimum Gasteiger partial charge on any atom is -0.490 e. The summed E-state index contributed by atoms with van der Waals surface area (Å²) in [5.41, 5.74) is 0.900. The molecule has 23 heavy (non-hydrogen) atoms. The van der Waals surface area contributed by atoms with Crippen molar-refractivity contribution in [3.8, 4) is 5.75 Å². The standard InChI is InChI=1S/C16H17NO6/c1-10-4-2-3-5-13(10)22-9-12(18)15(19)17-8-11-6-7-14(23-11)16(20)21/h2-7,12,18H,8-9H2,1H3,(H,17,19)(H,20,21)/t12-/m1/s1. The van der Waals surface area contributed by atoms with Gasteiger partial charge in [0.1, 0.15) is 18.1 Å². The van der Waals surface area contributed by atoms with Gasteiger partial charge >= 0.3 is 5.97 Å². The number of carboxylic acid groups (broad SMARTS) is 1. The smallest absolute Gasteiger partial charge is 0.371 e. The van der Waals surface area contributed by atoms with Gasteiger partial charge in [0, 0.05) is 0 Å². The summed E-state index contributed by atoms with van der Waals surface area (Å²) in [6.45, 7) is 1.65. The fourth-order valence-corrected chi connectivity index (χ4v) is 1.84. The van der Waals surface area contributed by atoms with Crippen LogP contribution in [0.4, 0.5) is 0 Å². The van der Waals surface area contributed by atoms with E-state index in [2.05, 4.69) is 5.32 Å². The van der Waals surface area contributed by atoms with E-state index in [4.69, 9.17) is 14.3 Å². The molecule has 1 atom stereocenters. The van der Waals surface area contributed by atoms with Crippen LogP contribution in [-0.2, 0) is 11.3 Å². The Morgan fingerprint density at radius 3 is 2.65 bits per heavy atom. The Labute approximate surface area is 132 Å². The Morgan fingerprint density at radius 1 is 1.26 bits per heavy atom. The first kappa shape index (κ1) is 16.6. The van der Waals surface area contributed by atoms with Gasteiger partial charge in [-0.1, -0.05) is 18.2 Å². The number of nitrogens with one attached hydrogen (secondary N) is 1. The molecule has 7 nitrogen and oxygen atoms in total. The predicted octanol–water partition coefficient (Wildman–Crippen LogP) is 1.34. The normalized spacial score (nSPS) is 11.7. The van der Waals surface area contributed by atoms with Gasteiger partial charge in [-0.25, -0.2) is 4.79 Å². The summed E-state index contributed by atoms with van der Waals surface area (Å²) in [6.07, 6.45) is -1.34. The maximum absolute atomic E-state index is 11.8. The van der Waals surface area contributed by atoms with Gasteiger partial charge < -0.3 is 24.7 Å². The van der Waals surface area contributed by atoms with Gasteiger partial charge in [-0.15, -0.1) is 0 Å². The van der Waals surface area contributed by atoms with E-state index >= 15 is 0 Å². The van der Waals surface area contributed by atoms with Crippen LogP contribution >= 0.6 is 0 Å². The molecule has 122 valence electrons. The second-order valence-corrected chi connectivity index (χ2v) is 4.88. The molecule has 1 aromatic carbocycles. The summed E-state index contributed by atoms with van der Waals surface area (Å²) < 4.78 is 10.4. The van der Waals surface area contributed by atoms with Crippen LogP contribution in [0.3, 0.4) is 0 Å². The van der Waals surface area contributed by atoms with Crippen molar-refractivity contribution in [1.82, 2.24) is 5.32 Å². The first-order chi connectivity index (χ1) is 11.0. The van der Waals surface area contributed by atoms with Gasteiger partial charge in [0.15, 0.2) is 6.10 Å². The monoisotopic (exact) mass is 319 g/mol. The molecule has 0 bridgehead atoms. The molecule has 0 aliphatic rings. The molecule has 1 aromatic heterocycles. The number of benzene rings is 1. The molecule has 7 heteroatoms. The number of aliphatic hydroxyl groups is 1. The van der Waals surface area contributed by atoms with Crippen LogP contribution in [0, 0.1) is 6.92 Å². The lowest BCUT2D eigenvalue weighted by Gasteiger charge is -2.13. The number of carbonyl (C=O) groups is 2. The fraction of sp³-hybridized carbons (Fsp3) is 0.250. The Hall–Kier alpha value is -2.80. The molecular formula is C16H17NO6. The number of amides is 1. The molecule has 0 spiro atoms. The van der Waals surface area contributed by atoms with Crippen LogP contribution < -0.4 is 10.1 Å². The summed E-state index contributed by atoms with van der Waals surface area (Å²) >= 11 is 0. The van der Waals surface area contributed by atoms with E-state index < -0.39 is 18.0 Å². The lowest BCUT2D eigenvalue weighted by molar-refractivity contribution is -0.131. The third-order valence-corrected chi connectivity index (χ3v) is 3.10. The van der Waals surface area contributed by atoms with Crippen LogP contribution in [0.1, 0.15) is 21.9 Å². The molecule has 0 unspecified atom stereocenters. The molecule has 0 radical (unpaired) electrons. The molecule has 1 heterocycles. The quantitative estimate of drug-likeness (QED) is 0.710. The molecular weight excluding hydrogens is 302 g/mol. The molecule has 0 aliphatic carbocycles. The van der Waals surface area contributed by atoms with Crippen molar-refractivity contribution >= 4 is 11.9 Å². The Kier molecular flexibility index (Phi) is 5.37. The van der Waals surface area contributed by atoms with E-state index in [0.29, 0.717) is 5.75 Å². The van der Waals surface area contributed by atoms with Gasteiger partial charge in [0.2, 0.25) is 5.76 Å². The van der Waals surface area contributed by atoms with E-state index in [9.17, 15) is 14.7 Å². The lowest BCUT2D eigenvalue weighted by atomic mass is 10.2. The zero-order valence-corrected chi connectivity index (χ0v) is 12.5. The minimum absolute atomic E-state index is 0.0203. The van der Waals surface area contributed by atoms with Crippen molar-refractivity contribution in [3.63, 3.8) is 0 Å². The summed E-state index contributed by atoms with van der Waals surface area (Å²) in [4.78, 5) is 22.4. The minimum atomic E-state index is -1.34. The van der Waals surface area contributed by atoms with Crippen LogP contribution in [0.25, 0.3) is 0 Å². The molecule has 0 saturated carbocycles. The molecule has 1 amide bonds. The highest BCUT2D eigenvalue weighted by atomic mass is 16.5. The third kappa shape index (κ3) is 4.58. The van der Waals surface area contributed by atoms with E-state index in [-0.39, 0.29) is 24.7 Å². The molecule has 2 aromatic rings. The number of ether oxygens (including phenoxy) is 1. The number of hydrogen-bond donors (Lipinski definition) is 3. The third-order valence-electron chi connectivity index (χ3n) is 3.10. The summed E-state index contributed by atoms with van der Waals surface area (Å²) in [7, 11) is 0. The zero-order valence-electron chi connectivity index (χ0n) is 12.5. The first-order valence-electron chi connectivity index (χ1n) is 6.93. The van der Waals surface area contributed by atoms with E-state index in [1.165, 1.54) is 12.1 Å². The summed E-state index contributed by atoms with van der Waals surface area (Å²) in [6, 6.07) is 10.0. The van der Waals surface area contributed by atoms with E-state index in [0.717, 1.165) is 5.56 Å². The molecule has 0 aliphatic heterocycles. The second kappa shape index (κ2) is 7.46. The zero-order chi connectivity index (χ0) is 16.8. The number of para-hydroxylation sites is 1. The van der Waals surface area contributed by atoms with Crippen molar-refractivity contribution in [1.29, 1.82) is 0 Å². The Balaban J connectivity index is 1.80. The molecule has 0 saturated heterocycles. The predicted molar refractivity (Wildman–Crippen MR) is 80.2 cm³/mol. The second-order valence-electron chi connectivity index (χ2n) is 4.88. The number of carbonyl (C=O) groups excluding carboxylic acids is 1. The Bertz CT molecular complexity index is 693. The molecule has 2 rings (SSSR count). The van der Waals surface area contributed by atoms with Crippen molar-refractivity contribution in [2.45, 2.75) is 19.6 Å². The summed E-state index contributed by atoms with van der Waals surface area (Å²) in [5.74, 6) is -1.15. The van der Waals surface area contributed by atoms with Gasteiger partial charge in [0.25, 0.3) is 5.91 Å².